The van der Waals surface area contributed by atoms with E-state index >= 15 is 0 Å². The van der Waals surface area contributed by atoms with Crippen molar-refractivity contribution in [2.24, 2.45) is 0 Å². The summed E-state index contributed by atoms with van der Waals surface area (Å²) in [6.45, 7) is 5.40. The number of hydrogen-bond donors (Lipinski definition) is 1. The SMILES string of the molecule is C=CC(C)c1ccccc1S(=O)(=O)O.[H-].[Li+]. The molecule has 3 nitrogen and oxygen atoms in total. The first-order valence-electron chi connectivity index (χ1n) is 4.15. The van der Waals surface area contributed by atoms with Crippen molar-refractivity contribution in [1.29, 1.82) is 0 Å². The third kappa shape index (κ3) is 3.51. The summed E-state index contributed by atoms with van der Waals surface area (Å²) in [5.74, 6) is -0.104. The van der Waals surface area contributed by atoms with Crippen LogP contribution in [-0.2, 0) is 10.1 Å². The smallest absolute Gasteiger partial charge is 1.00 e. The zero-order chi connectivity index (χ0) is 10.8. The summed E-state index contributed by atoms with van der Waals surface area (Å²) in [6, 6.07) is 6.34. The molecule has 1 rings (SSSR count). The molecule has 78 valence electrons. The van der Waals surface area contributed by atoms with Gasteiger partial charge in [0.1, 0.15) is 0 Å². The quantitative estimate of drug-likeness (QED) is 0.418. The molecule has 0 spiro atoms. The van der Waals surface area contributed by atoms with Gasteiger partial charge in [-0.25, -0.2) is 0 Å². The summed E-state index contributed by atoms with van der Waals surface area (Å²) in [7, 11) is -4.14. The molecule has 0 aliphatic rings. The first-order chi connectivity index (χ1) is 6.46. The van der Waals surface area contributed by atoms with Gasteiger partial charge in [0, 0.05) is 5.92 Å². The van der Waals surface area contributed by atoms with Crippen LogP contribution in [0.2, 0.25) is 0 Å². The van der Waals surface area contributed by atoms with Crippen molar-refractivity contribution in [2.45, 2.75) is 17.7 Å². The Balaban J connectivity index is 0. The molecule has 0 aliphatic carbocycles. The molecule has 0 heterocycles. The Kier molecular flexibility index (Phi) is 5.33. The zero-order valence-electron chi connectivity index (χ0n) is 9.84. The summed E-state index contributed by atoms with van der Waals surface area (Å²) >= 11 is 0. The molecular weight excluding hydrogens is 207 g/mol. The van der Waals surface area contributed by atoms with Crippen LogP contribution in [0.1, 0.15) is 19.8 Å². The Bertz CT molecular complexity index is 445. The van der Waals surface area contributed by atoms with Gasteiger partial charge < -0.3 is 1.43 Å². The third-order valence-corrected chi connectivity index (χ3v) is 2.97. The Morgan fingerprint density at radius 3 is 2.47 bits per heavy atom. The van der Waals surface area contributed by atoms with Crippen LogP contribution in [0.15, 0.2) is 41.8 Å². The van der Waals surface area contributed by atoms with Crippen molar-refractivity contribution in [3.05, 3.63) is 42.5 Å². The molecule has 1 unspecified atom stereocenters. The van der Waals surface area contributed by atoms with Crippen molar-refractivity contribution in [3.8, 4) is 0 Å². The van der Waals surface area contributed by atoms with Crippen molar-refractivity contribution in [2.75, 3.05) is 0 Å². The van der Waals surface area contributed by atoms with E-state index in [1.807, 2.05) is 6.92 Å². The van der Waals surface area contributed by atoms with Crippen LogP contribution < -0.4 is 18.9 Å². The van der Waals surface area contributed by atoms with E-state index in [0.717, 1.165) is 0 Å². The number of rotatable bonds is 3. The van der Waals surface area contributed by atoms with Crippen LogP contribution in [0.5, 0.6) is 0 Å². The fourth-order valence-electron chi connectivity index (χ4n) is 1.22. The van der Waals surface area contributed by atoms with Crippen molar-refractivity contribution in [3.63, 3.8) is 0 Å². The number of hydrogen-bond acceptors (Lipinski definition) is 2. The molecule has 0 saturated heterocycles. The molecule has 0 aromatic heterocycles. The molecule has 1 N–H and O–H groups in total. The third-order valence-electron chi connectivity index (χ3n) is 2.04. The van der Waals surface area contributed by atoms with E-state index in [0.29, 0.717) is 5.56 Å². The maximum atomic E-state index is 11.0. The second-order valence-corrected chi connectivity index (χ2v) is 4.43. The molecule has 0 saturated carbocycles. The van der Waals surface area contributed by atoms with Gasteiger partial charge in [-0.2, -0.15) is 8.42 Å². The maximum Gasteiger partial charge on any atom is 1.00 e. The fraction of sp³-hybridized carbons (Fsp3) is 0.200. The van der Waals surface area contributed by atoms with Gasteiger partial charge in [-0.15, -0.1) is 6.58 Å². The van der Waals surface area contributed by atoms with Crippen LogP contribution in [0.3, 0.4) is 0 Å². The van der Waals surface area contributed by atoms with Crippen molar-refractivity contribution >= 4 is 10.1 Å². The van der Waals surface area contributed by atoms with E-state index in [1.54, 1.807) is 24.3 Å². The second kappa shape index (κ2) is 5.52. The van der Waals surface area contributed by atoms with E-state index in [4.69, 9.17) is 4.55 Å². The minimum Gasteiger partial charge on any atom is -1.00 e. The summed E-state index contributed by atoms with van der Waals surface area (Å²) in [6.07, 6.45) is 1.63. The summed E-state index contributed by atoms with van der Waals surface area (Å²) in [5, 5.41) is 0. The largest absolute Gasteiger partial charge is 1.00 e. The van der Waals surface area contributed by atoms with E-state index in [-0.39, 0.29) is 31.1 Å². The standard InChI is InChI=1S/C10H12O3S.Li.H/c1-3-8(2)9-6-4-5-7-10(9)14(11,12)13;;/h3-8H,1H2,2H3,(H,11,12,13);;/q;+1;-1. The van der Waals surface area contributed by atoms with Crippen LogP contribution in [0.4, 0.5) is 0 Å². The predicted octanol–water partition coefficient (Wildman–Crippen LogP) is -0.661. The van der Waals surface area contributed by atoms with Gasteiger partial charge in [-0.1, -0.05) is 31.2 Å². The number of benzene rings is 1. The van der Waals surface area contributed by atoms with Crippen molar-refractivity contribution in [1.82, 2.24) is 0 Å². The van der Waals surface area contributed by atoms with E-state index in [2.05, 4.69) is 6.58 Å². The van der Waals surface area contributed by atoms with E-state index in [9.17, 15) is 8.42 Å². The molecule has 0 amide bonds. The predicted molar refractivity (Wildman–Crippen MR) is 56.0 cm³/mol. The average Bonchev–Trinajstić information content (AvgIpc) is 2.15. The summed E-state index contributed by atoms with van der Waals surface area (Å²) < 4.78 is 30.9. The monoisotopic (exact) mass is 220 g/mol. The molecule has 0 radical (unpaired) electrons. The van der Waals surface area contributed by atoms with Crippen LogP contribution >= 0.6 is 0 Å². The van der Waals surface area contributed by atoms with Crippen LogP contribution in [0.25, 0.3) is 0 Å². The first kappa shape index (κ1) is 14.5. The molecule has 1 aromatic carbocycles. The molecule has 0 bridgehead atoms. The van der Waals surface area contributed by atoms with Gasteiger partial charge in [0.25, 0.3) is 10.1 Å². The molecule has 0 aliphatic heterocycles. The fourth-order valence-corrected chi connectivity index (χ4v) is 2.02. The minimum atomic E-state index is -4.14. The molecule has 15 heavy (non-hydrogen) atoms. The van der Waals surface area contributed by atoms with Gasteiger partial charge in [-0.05, 0) is 11.6 Å². The zero-order valence-corrected chi connectivity index (χ0v) is 9.66. The maximum absolute atomic E-state index is 11.0. The molecule has 0 fully saturated rings. The Labute approximate surface area is 104 Å². The number of allylic oxidation sites excluding steroid dienone is 1. The van der Waals surface area contributed by atoms with E-state index < -0.39 is 10.1 Å². The van der Waals surface area contributed by atoms with Crippen LogP contribution in [0, 0.1) is 0 Å². The molecule has 1 aromatic rings. The topological polar surface area (TPSA) is 54.4 Å². The Morgan fingerprint density at radius 2 is 2.00 bits per heavy atom. The molecular formula is C10H13LiO3S. The van der Waals surface area contributed by atoms with Gasteiger partial charge in [-0.3, -0.25) is 4.55 Å². The van der Waals surface area contributed by atoms with E-state index in [1.165, 1.54) is 6.07 Å². The van der Waals surface area contributed by atoms with Crippen LogP contribution in [-0.4, -0.2) is 13.0 Å². The molecule has 5 heteroatoms. The normalized spacial score (nSPS) is 12.7. The summed E-state index contributed by atoms with van der Waals surface area (Å²) in [5.41, 5.74) is 0.560. The molecule has 1 atom stereocenters. The average molecular weight is 220 g/mol. The Hall–Kier alpha value is -0.533. The first-order valence-corrected chi connectivity index (χ1v) is 5.60. The Morgan fingerprint density at radius 1 is 1.47 bits per heavy atom. The second-order valence-electron chi connectivity index (χ2n) is 3.04. The van der Waals surface area contributed by atoms with Crippen molar-refractivity contribution < 1.29 is 33.3 Å². The summed E-state index contributed by atoms with van der Waals surface area (Å²) in [4.78, 5) is -0.0487. The van der Waals surface area contributed by atoms with Gasteiger partial charge in [0.05, 0.1) is 4.90 Å². The van der Waals surface area contributed by atoms with Gasteiger partial charge in [0.15, 0.2) is 0 Å². The van der Waals surface area contributed by atoms with Gasteiger partial charge >= 0.3 is 18.9 Å². The minimum absolute atomic E-state index is 0. The van der Waals surface area contributed by atoms with Gasteiger partial charge in [0.2, 0.25) is 0 Å².